The van der Waals surface area contributed by atoms with Gasteiger partial charge in [-0.2, -0.15) is 0 Å². The molecule has 1 aromatic carbocycles. The molecule has 15 heavy (non-hydrogen) atoms. The first-order valence-corrected chi connectivity index (χ1v) is 5.64. The van der Waals surface area contributed by atoms with Crippen LogP contribution in [0, 0.1) is 6.92 Å². The fourth-order valence-electron chi connectivity index (χ4n) is 1.78. The Hall–Kier alpha value is -0.860. The van der Waals surface area contributed by atoms with E-state index in [1.165, 1.54) is 11.1 Å². The van der Waals surface area contributed by atoms with E-state index < -0.39 is 0 Å². The Kier molecular flexibility index (Phi) is 4.79. The molecule has 0 aliphatic carbocycles. The Morgan fingerprint density at radius 1 is 1.20 bits per heavy atom. The number of nitrogens with two attached hydrogens (primary N) is 1. The normalized spacial score (nSPS) is 14.9. The van der Waals surface area contributed by atoms with Crippen LogP contribution in [0.3, 0.4) is 0 Å². The maximum absolute atomic E-state index is 5.58. The Morgan fingerprint density at radius 2 is 1.87 bits per heavy atom. The van der Waals surface area contributed by atoms with E-state index in [1.54, 1.807) is 0 Å². The summed E-state index contributed by atoms with van der Waals surface area (Å²) in [6.45, 7) is 7.18. The minimum Gasteiger partial charge on any atom is -0.329 e. The smallest absolute Gasteiger partial charge is 0.0164 e. The van der Waals surface area contributed by atoms with Crippen molar-refractivity contribution in [1.82, 2.24) is 5.32 Å². The molecule has 1 aromatic rings. The van der Waals surface area contributed by atoms with Gasteiger partial charge in [0, 0.05) is 18.6 Å². The SMILES string of the molecule is Cc1ccccc1CC(C)NC(C)CN. The average Bonchev–Trinajstić information content (AvgIpc) is 2.21. The summed E-state index contributed by atoms with van der Waals surface area (Å²) in [5, 5.41) is 3.48. The zero-order valence-corrected chi connectivity index (χ0v) is 9.96. The van der Waals surface area contributed by atoms with Gasteiger partial charge < -0.3 is 11.1 Å². The number of hydrogen-bond donors (Lipinski definition) is 2. The molecule has 2 nitrogen and oxygen atoms in total. The largest absolute Gasteiger partial charge is 0.329 e. The van der Waals surface area contributed by atoms with Crippen LogP contribution in [0.25, 0.3) is 0 Å². The molecule has 0 radical (unpaired) electrons. The van der Waals surface area contributed by atoms with E-state index >= 15 is 0 Å². The van der Waals surface area contributed by atoms with Gasteiger partial charge in [0.25, 0.3) is 0 Å². The van der Waals surface area contributed by atoms with Gasteiger partial charge in [-0.15, -0.1) is 0 Å². The number of rotatable bonds is 5. The van der Waals surface area contributed by atoms with Crippen LogP contribution in [0.5, 0.6) is 0 Å². The maximum atomic E-state index is 5.58. The van der Waals surface area contributed by atoms with E-state index in [9.17, 15) is 0 Å². The standard InChI is InChI=1S/C13H22N2/c1-10-6-4-5-7-13(10)8-11(2)15-12(3)9-14/h4-7,11-12,15H,8-9,14H2,1-3H3. The minimum absolute atomic E-state index is 0.393. The predicted octanol–water partition coefficient (Wildman–Crippen LogP) is 1.86. The van der Waals surface area contributed by atoms with Gasteiger partial charge in [-0.1, -0.05) is 24.3 Å². The van der Waals surface area contributed by atoms with Crippen LogP contribution < -0.4 is 11.1 Å². The van der Waals surface area contributed by atoms with E-state index in [4.69, 9.17) is 5.73 Å². The second-order valence-electron chi connectivity index (χ2n) is 4.34. The summed E-state index contributed by atoms with van der Waals surface area (Å²) in [6, 6.07) is 9.41. The van der Waals surface area contributed by atoms with Gasteiger partial charge in [-0.3, -0.25) is 0 Å². The molecule has 84 valence electrons. The molecule has 0 fully saturated rings. The highest BCUT2D eigenvalue weighted by atomic mass is 15.0. The number of aryl methyl sites for hydroxylation is 1. The molecule has 0 amide bonds. The van der Waals surface area contributed by atoms with Gasteiger partial charge in [0.05, 0.1) is 0 Å². The van der Waals surface area contributed by atoms with Crippen LogP contribution in [0.1, 0.15) is 25.0 Å². The van der Waals surface area contributed by atoms with Gasteiger partial charge in [0.1, 0.15) is 0 Å². The predicted molar refractivity (Wildman–Crippen MR) is 66.0 cm³/mol. The van der Waals surface area contributed by atoms with Crippen LogP contribution in [0.2, 0.25) is 0 Å². The minimum atomic E-state index is 0.393. The van der Waals surface area contributed by atoms with Crippen LogP contribution >= 0.6 is 0 Å². The Labute approximate surface area is 92.9 Å². The second-order valence-corrected chi connectivity index (χ2v) is 4.34. The van der Waals surface area contributed by atoms with Crippen molar-refractivity contribution in [3.05, 3.63) is 35.4 Å². The third kappa shape index (κ3) is 4.02. The van der Waals surface area contributed by atoms with Crippen LogP contribution in [-0.2, 0) is 6.42 Å². The first-order valence-electron chi connectivity index (χ1n) is 5.64. The monoisotopic (exact) mass is 206 g/mol. The lowest BCUT2D eigenvalue weighted by molar-refractivity contribution is 0.469. The fourth-order valence-corrected chi connectivity index (χ4v) is 1.78. The Balaban J connectivity index is 2.51. The van der Waals surface area contributed by atoms with Crippen molar-refractivity contribution in [3.8, 4) is 0 Å². The summed E-state index contributed by atoms with van der Waals surface area (Å²) in [6.07, 6.45) is 1.07. The summed E-state index contributed by atoms with van der Waals surface area (Å²) < 4.78 is 0. The summed E-state index contributed by atoms with van der Waals surface area (Å²) in [7, 11) is 0. The van der Waals surface area contributed by atoms with Crippen molar-refractivity contribution in [3.63, 3.8) is 0 Å². The molecule has 3 N–H and O–H groups in total. The summed E-state index contributed by atoms with van der Waals surface area (Å²) >= 11 is 0. The van der Waals surface area contributed by atoms with Gasteiger partial charge in [0.2, 0.25) is 0 Å². The highest BCUT2D eigenvalue weighted by Gasteiger charge is 2.07. The van der Waals surface area contributed by atoms with Crippen molar-refractivity contribution in [2.75, 3.05) is 6.54 Å². The summed E-state index contributed by atoms with van der Waals surface area (Å²) in [5.74, 6) is 0. The summed E-state index contributed by atoms with van der Waals surface area (Å²) in [4.78, 5) is 0. The second kappa shape index (κ2) is 5.89. The average molecular weight is 206 g/mol. The van der Waals surface area contributed by atoms with E-state index in [0.717, 1.165) is 6.42 Å². The maximum Gasteiger partial charge on any atom is 0.0164 e. The molecule has 0 aliphatic heterocycles. The molecule has 0 heterocycles. The number of benzene rings is 1. The lowest BCUT2D eigenvalue weighted by atomic mass is 10.0. The molecule has 0 bridgehead atoms. The van der Waals surface area contributed by atoms with Crippen molar-refractivity contribution >= 4 is 0 Å². The van der Waals surface area contributed by atoms with Crippen LogP contribution in [0.15, 0.2) is 24.3 Å². The van der Waals surface area contributed by atoms with E-state index in [-0.39, 0.29) is 0 Å². The highest BCUT2D eigenvalue weighted by Crippen LogP contribution is 2.09. The quantitative estimate of drug-likeness (QED) is 0.772. The third-order valence-electron chi connectivity index (χ3n) is 2.71. The zero-order valence-electron chi connectivity index (χ0n) is 9.96. The number of nitrogens with one attached hydrogen (secondary N) is 1. The van der Waals surface area contributed by atoms with Crippen LogP contribution in [-0.4, -0.2) is 18.6 Å². The van der Waals surface area contributed by atoms with E-state index in [0.29, 0.717) is 18.6 Å². The molecule has 0 aliphatic rings. The van der Waals surface area contributed by atoms with E-state index in [1.807, 2.05) is 0 Å². The lowest BCUT2D eigenvalue weighted by Crippen LogP contribution is -2.40. The molecule has 2 atom stereocenters. The van der Waals surface area contributed by atoms with Crippen molar-refractivity contribution < 1.29 is 0 Å². The molecule has 0 spiro atoms. The number of hydrogen-bond acceptors (Lipinski definition) is 2. The molecule has 0 saturated heterocycles. The first kappa shape index (κ1) is 12.2. The van der Waals surface area contributed by atoms with Crippen molar-refractivity contribution in [2.24, 2.45) is 5.73 Å². The molecule has 0 aromatic heterocycles. The van der Waals surface area contributed by atoms with Gasteiger partial charge in [-0.05, 0) is 38.3 Å². The third-order valence-corrected chi connectivity index (χ3v) is 2.71. The van der Waals surface area contributed by atoms with Gasteiger partial charge >= 0.3 is 0 Å². The first-order chi connectivity index (χ1) is 7.13. The van der Waals surface area contributed by atoms with Crippen molar-refractivity contribution in [2.45, 2.75) is 39.3 Å². The molecular weight excluding hydrogens is 184 g/mol. The highest BCUT2D eigenvalue weighted by molar-refractivity contribution is 5.26. The molecule has 2 unspecified atom stereocenters. The van der Waals surface area contributed by atoms with Crippen molar-refractivity contribution in [1.29, 1.82) is 0 Å². The van der Waals surface area contributed by atoms with E-state index in [2.05, 4.69) is 50.4 Å². The lowest BCUT2D eigenvalue weighted by Gasteiger charge is -2.19. The molecule has 0 saturated carbocycles. The fraction of sp³-hybridized carbons (Fsp3) is 0.538. The van der Waals surface area contributed by atoms with Crippen LogP contribution in [0.4, 0.5) is 0 Å². The Morgan fingerprint density at radius 3 is 2.47 bits per heavy atom. The van der Waals surface area contributed by atoms with Gasteiger partial charge in [0.15, 0.2) is 0 Å². The Bertz CT molecular complexity index is 296. The molecule has 1 rings (SSSR count). The van der Waals surface area contributed by atoms with Gasteiger partial charge in [-0.25, -0.2) is 0 Å². The topological polar surface area (TPSA) is 38.0 Å². The summed E-state index contributed by atoms with van der Waals surface area (Å²) in [5.41, 5.74) is 8.37. The molecule has 2 heteroatoms. The zero-order chi connectivity index (χ0) is 11.3. The molecular formula is C13H22N2.